The molecule has 0 unspecified atom stereocenters. The lowest BCUT2D eigenvalue weighted by molar-refractivity contribution is 0.911. The molecule has 4 nitrogen and oxygen atoms in total. The van der Waals surface area contributed by atoms with Gasteiger partial charge in [0.25, 0.3) is 0 Å². The van der Waals surface area contributed by atoms with E-state index >= 15 is 0 Å². The largest absolute Gasteiger partial charge is 0.369 e. The third kappa shape index (κ3) is 2.81. The minimum absolute atomic E-state index is 0.473. The maximum absolute atomic E-state index is 5.59. The molecule has 0 radical (unpaired) electrons. The molecule has 0 atom stereocenters. The van der Waals surface area contributed by atoms with Gasteiger partial charge in [0, 0.05) is 30.4 Å². The molecule has 0 saturated carbocycles. The van der Waals surface area contributed by atoms with E-state index in [2.05, 4.69) is 21.9 Å². The second kappa shape index (κ2) is 5.25. The van der Waals surface area contributed by atoms with Crippen LogP contribution in [0.1, 0.15) is 16.3 Å². The first kappa shape index (κ1) is 12.0. The lowest BCUT2D eigenvalue weighted by atomic mass is 10.3. The molecule has 2 heterocycles. The molecule has 0 aliphatic heterocycles. The molecule has 0 aliphatic rings. The van der Waals surface area contributed by atoms with E-state index in [1.165, 1.54) is 4.88 Å². The van der Waals surface area contributed by atoms with Gasteiger partial charge in [-0.1, -0.05) is 0 Å². The molecule has 2 aromatic rings. The van der Waals surface area contributed by atoms with E-state index in [-0.39, 0.29) is 0 Å². The number of nitrogens with zero attached hydrogens (tertiary/aromatic N) is 3. The van der Waals surface area contributed by atoms with E-state index in [4.69, 9.17) is 5.73 Å². The predicted molar refractivity (Wildman–Crippen MR) is 71.1 cm³/mol. The monoisotopic (exact) mass is 248 g/mol. The van der Waals surface area contributed by atoms with Gasteiger partial charge in [-0.3, -0.25) is 4.98 Å². The Balaban J connectivity index is 2.14. The van der Waals surface area contributed by atoms with Gasteiger partial charge < -0.3 is 10.6 Å². The van der Waals surface area contributed by atoms with E-state index in [1.54, 1.807) is 17.5 Å². The second-order valence-electron chi connectivity index (χ2n) is 3.93. The molecule has 2 aromatic heterocycles. The van der Waals surface area contributed by atoms with Gasteiger partial charge in [-0.2, -0.15) is 0 Å². The number of rotatable bonds is 4. The fourth-order valence-electron chi connectivity index (χ4n) is 1.60. The molecular weight excluding hydrogens is 232 g/mol. The van der Waals surface area contributed by atoms with Crippen LogP contribution in [0.2, 0.25) is 0 Å². The number of pyridine rings is 1. The first-order valence-electron chi connectivity index (χ1n) is 5.46. The molecule has 0 amide bonds. The smallest absolute Gasteiger partial charge is 0.0798 e. The quantitative estimate of drug-likeness (QED) is 0.898. The van der Waals surface area contributed by atoms with Gasteiger partial charge in [-0.25, -0.2) is 4.98 Å². The molecule has 0 saturated heterocycles. The van der Waals surface area contributed by atoms with Gasteiger partial charge in [-0.05, 0) is 19.1 Å². The van der Waals surface area contributed by atoms with Crippen LogP contribution >= 0.6 is 11.3 Å². The number of nitrogens with two attached hydrogens (primary N) is 1. The van der Waals surface area contributed by atoms with Crippen molar-refractivity contribution in [2.45, 2.75) is 20.0 Å². The molecule has 0 aliphatic carbocycles. The summed E-state index contributed by atoms with van der Waals surface area (Å²) >= 11 is 1.69. The molecule has 17 heavy (non-hydrogen) atoms. The zero-order valence-corrected chi connectivity index (χ0v) is 10.9. The normalized spacial score (nSPS) is 10.5. The maximum Gasteiger partial charge on any atom is 0.0798 e. The first-order valence-corrected chi connectivity index (χ1v) is 6.33. The summed E-state index contributed by atoms with van der Waals surface area (Å²) in [7, 11) is 2.06. The summed E-state index contributed by atoms with van der Waals surface area (Å²) in [5.41, 5.74) is 10.6. The predicted octanol–water partition coefficient (Wildman–Crippen LogP) is 1.94. The Bertz CT molecular complexity index is 495. The lowest BCUT2D eigenvalue weighted by Gasteiger charge is -2.19. The highest BCUT2D eigenvalue weighted by Crippen LogP contribution is 2.19. The summed E-state index contributed by atoms with van der Waals surface area (Å²) in [6, 6.07) is 4.02. The van der Waals surface area contributed by atoms with Gasteiger partial charge in [0.1, 0.15) is 0 Å². The highest BCUT2D eigenvalue weighted by Gasteiger charge is 2.07. The van der Waals surface area contributed by atoms with E-state index < -0.39 is 0 Å². The summed E-state index contributed by atoms with van der Waals surface area (Å²) in [4.78, 5) is 11.9. The summed E-state index contributed by atoms with van der Waals surface area (Å²) in [6.45, 7) is 3.38. The number of anilines is 1. The highest BCUT2D eigenvalue weighted by molar-refractivity contribution is 7.09. The average Bonchev–Trinajstić information content (AvgIpc) is 2.75. The third-order valence-electron chi connectivity index (χ3n) is 2.68. The standard InChI is InChI=1S/C12H16N4S/c1-9-12(17-8-15-9)7-16(2)11-3-4-14-10(5-11)6-13/h3-5,8H,6-7,13H2,1-2H3. The molecule has 90 valence electrons. The second-order valence-corrected chi connectivity index (χ2v) is 4.87. The van der Waals surface area contributed by atoms with Crippen LogP contribution in [0.15, 0.2) is 23.8 Å². The Morgan fingerprint density at radius 3 is 2.88 bits per heavy atom. The SMILES string of the molecule is Cc1ncsc1CN(C)c1ccnc(CN)c1. The Kier molecular flexibility index (Phi) is 3.71. The van der Waals surface area contributed by atoms with Gasteiger partial charge in [0.05, 0.1) is 23.4 Å². The molecule has 0 aromatic carbocycles. The summed E-state index contributed by atoms with van der Waals surface area (Å²) in [5.74, 6) is 0. The molecule has 2 N–H and O–H groups in total. The van der Waals surface area contributed by atoms with Crippen molar-refractivity contribution in [3.05, 3.63) is 40.1 Å². The minimum atomic E-state index is 0.473. The van der Waals surface area contributed by atoms with Crippen LogP contribution in [-0.2, 0) is 13.1 Å². The number of hydrogen-bond donors (Lipinski definition) is 1. The lowest BCUT2D eigenvalue weighted by Crippen LogP contribution is -2.16. The van der Waals surface area contributed by atoms with E-state index in [9.17, 15) is 0 Å². The highest BCUT2D eigenvalue weighted by atomic mass is 32.1. The van der Waals surface area contributed by atoms with Crippen LogP contribution in [0.25, 0.3) is 0 Å². The zero-order chi connectivity index (χ0) is 12.3. The molecule has 0 fully saturated rings. The van der Waals surface area contributed by atoms with Crippen LogP contribution < -0.4 is 10.6 Å². The Hall–Kier alpha value is -1.46. The van der Waals surface area contributed by atoms with Gasteiger partial charge in [-0.15, -0.1) is 11.3 Å². The van der Waals surface area contributed by atoms with Crippen molar-refractivity contribution in [1.82, 2.24) is 9.97 Å². The number of aryl methyl sites for hydroxylation is 1. The van der Waals surface area contributed by atoms with E-state index in [0.717, 1.165) is 23.6 Å². The fourth-order valence-corrected chi connectivity index (χ4v) is 2.43. The minimum Gasteiger partial charge on any atom is -0.369 e. The van der Waals surface area contributed by atoms with Crippen LogP contribution in [0.4, 0.5) is 5.69 Å². The van der Waals surface area contributed by atoms with Gasteiger partial charge >= 0.3 is 0 Å². The van der Waals surface area contributed by atoms with E-state index in [0.29, 0.717) is 6.54 Å². The molecule has 2 rings (SSSR count). The summed E-state index contributed by atoms with van der Waals surface area (Å²) < 4.78 is 0. The van der Waals surface area contributed by atoms with Crippen molar-refractivity contribution in [2.75, 3.05) is 11.9 Å². The van der Waals surface area contributed by atoms with Crippen LogP contribution in [0.5, 0.6) is 0 Å². The molecular formula is C12H16N4S. The maximum atomic E-state index is 5.59. The van der Waals surface area contributed by atoms with Crippen molar-refractivity contribution in [3.63, 3.8) is 0 Å². The van der Waals surface area contributed by atoms with Crippen molar-refractivity contribution >= 4 is 17.0 Å². The fraction of sp³-hybridized carbons (Fsp3) is 0.333. The molecule has 0 spiro atoms. The zero-order valence-electron chi connectivity index (χ0n) is 10.1. The summed E-state index contributed by atoms with van der Waals surface area (Å²) in [5, 5.41) is 0. The Morgan fingerprint density at radius 2 is 2.24 bits per heavy atom. The Morgan fingerprint density at radius 1 is 1.41 bits per heavy atom. The number of hydrogen-bond acceptors (Lipinski definition) is 5. The van der Waals surface area contributed by atoms with E-state index in [1.807, 2.05) is 24.6 Å². The van der Waals surface area contributed by atoms with Crippen LogP contribution in [0.3, 0.4) is 0 Å². The van der Waals surface area contributed by atoms with Gasteiger partial charge in [0.2, 0.25) is 0 Å². The average molecular weight is 248 g/mol. The molecule has 5 heteroatoms. The number of aromatic nitrogens is 2. The Labute approximate surface area is 105 Å². The van der Waals surface area contributed by atoms with Crippen LogP contribution in [-0.4, -0.2) is 17.0 Å². The van der Waals surface area contributed by atoms with Crippen molar-refractivity contribution in [3.8, 4) is 0 Å². The number of thiazole rings is 1. The third-order valence-corrected chi connectivity index (χ3v) is 3.60. The summed E-state index contributed by atoms with van der Waals surface area (Å²) in [6.07, 6.45) is 1.80. The van der Waals surface area contributed by atoms with Crippen LogP contribution in [0, 0.1) is 6.92 Å². The van der Waals surface area contributed by atoms with Crippen molar-refractivity contribution in [1.29, 1.82) is 0 Å². The first-order chi connectivity index (χ1) is 8.20. The van der Waals surface area contributed by atoms with Crippen molar-refractivity contribution < 1.29 is 0 Å². The molecule has 0 bridgehead atoms. The van der Waals surface area contributed by atoms with Crippen molar-refractivity contribution in [2.24, 2.45) is 5.73 Å². The van der Waals surface area contributed by atoms with Gasteiger partial charge in [0.15, 0.2) is 0 Å². The topological polar surface area (TPSA) is 55.0 Å².